The van der Waals surface area contributed by atoms with Crippen LogP contribution in [0.3, 0.4) is 0 Å². The summed E-state index contributed by atoms with van der Waals surface area (Å²) in [5, 5.41) is 0.613. The van der Waals surface area contributed by atoms with E-state index in [0.717, 1.165) is 12.5 Å². The van der Waals surface area contributed by atoms with Gasteiger partial charge in [-0.1, -0.05) is 12.1 Å². The lowest BCUT2D eigenvalue weighted by atomic mass is 10.0. The number of rotatable bonds is 1. The minimum Gasteiger partial charge on any atom is -0.202 e. The Bertz CT molecular complexity index is 357. The average Bonchev–Trinajstić information content (AvgIpc) is 2.41. The van der Waals surface area contributed by atoms with Crippen molar-refractivity contribution in [3.8, 4) is 0 Å². The summed E-state index contributed by atoms with van der Waals surface area (Å²) in [5.74, 6) is -2.85. The van der Waals surface area contributed by atoms with Crippen molar-refractivity contribution < 1.29 is 13.3 Å². The van der Waals surface area contributed by atoms with Gasteiger partial charge in [0.25, 0.3) is 5.92 Å². The van der Waals surface area contributed by atoms with Crippen LogP contribution in [0.1, 0.15) is 23.6 Å². The molecule has 0 N–H and O–H groups in total. The van der Waals surface area contributed by atoms with Crippen LogP contribution >= 0.6 is 0 Å². The molecule has 1 aromatic rings. The number of benzene rings is 1. The van der Waals surface area contributed by atoms with Crippen molar-refractivity contribution in [1.29, 1.82) is 0 Å². The fraction of sp³-hybridized carbons (Fsp3) is 0.400. The zero-order valence-corrected chi connectivity index (χ0v) is 7.73. The SMILES string of the molecule is CC(F)(F)c1ccc2c(c1)CN(F)C2. The van der Waals surface area contributed by atoms with Gasteiger partial charge in [-0.25, -0.2) is 8.78 Å². The summed E-state index contributed by atoms with van der Waals surface area (Å²) in [6.45, 7) is 1.15. The molecule has 0 atom stereocenters. The predicted molar refractivity (Wildman–Crippen MR) is 46.4 cm³/mol. The minimum absolute atomic E-state index is 0.0495. The highest BCUT2D eigenvalue weighted by Gasteiger charge is 2.27. The zero-order valence-electron chi connectivity index (χ0n) is 7.73. The lowest BCUT2D eigenvalue weighted by Gasteiger charge is -2.11. The lowest BCUT2D eigenvalue weighted by molar-refractivity contribution is 0.0162. The van der Waals surface area contributed by atoms with E-state index < -0.39 is 5.92 Å². The second kappa shape index (κ2) is 2.98. The minimum atomic E-state index is -2.85. The molecule has 76 valence electrons. The van der Waals surface area contributed by atoms with Gasteiger partial charge in [-0.05, 0) is 17.2 Å². The maximum Gasteiger partial charge on any atom is 0.270 e. The zero-order chi connectivity index (χ0) is 10.3. The smallest absolute Gasteiger partial charge is 0.202 e. The number of alkyl halides is 2. The molecule has 0 aromatic heterocycles. The van der Waals surface area contributed by atoms with Gasteiger partial charge in [-0.2, -0.15) is 0 Å². The first-order valence-corrected chi connectivity index (χ1v) is 4.37. The predicted octanol–water partition coefficient (Wildman–Crippen LogP) is 3.00. The summed E-state index contributed by atoms with van der Waals surface area (Å²) >= 11 is 0. The fourth-order valence-corrected chi connectivity index (χ4v) is 1.63. The second-order valence-corrected chi connectivity index (χ2v) is 3.65. The summed E-state index contributed by atoms with van der Waals surface area (Å²) in [4.78, 5) is 0. The van der Waals surface area contributed by atoms with Crippen LogP contribution in [0.25, 0.3) is 0 Å². The third-order valence-electron chi connectivity index (χ3n) is 2.40. The maximum atomic E-state index is 12.9. The van der Waals surface area contributed by atoms with E-state index in [9.17, 15) is 13.3 Å². The third kappa shape index (κ3) is 1.62. The molecular formula is C10H10F3N. The van der Waals surface area contributed by atoms with Crippen LogP contribution in [-0.4, -0.2) is 5.12 Å². The van der Waals surface area contributed by atoms with Crippen molar-refractivity contribution in [1.82, 2.24) is 5.12 Å². The Labute approximate surface area is 80.1 Å². The number of hydrogen-bond acceptors (Lipinski definition) is 1. The molecule has 4 heteroatoms. The molecule has 1 aliphatic heterocycles. The van der Waals surface area contributed by atoms with Crippen LogP contribution in [0.2, 0.25) is 0 Å². The summed E-state index contributed by atoms with van der Waals surface area (Å²) in [6, 6.07) is 4.31. The van der Waals surface area contributed by atoms with Crippen molar-refractivity contribution in [2.45, 2.75) is 25.9 Å². The van der Waals surface area contributed by atoms with Crippen LogP contribution < -0.4 is 0 Å². The van der Waals surface area contributed by atoms with Crippen molar-refractivity contribution >= 4 is 0 Å². The molecule has 2 rings (SSSR count). The summed E-state index contributed by atoms with van der Waals surface area (Å²) < 4.78 is 38.6. The number of nitrogens with zero attached hydrogens (tertiary/aromatic N) is 1. The first-order valence-electron chi connectivity index (χ1n) is 4.37. The van der Waals surface area contributed by atoms with E-state index in [2.05, 4.69) is 0 Å². The molecule has 1 aromatic carbocycles. The summed E-state index contributed by atoms with van der Waals surface area (Å²) in [5.41, 5.74) is 1.40. The van der Waals surface area contributed by atoms with Crippen molar-refractivity contribution in [2.24, 2.45) is 0 Å². The van der Waals surface area contributed by atoms with Crippen molar-refractivity contribution in [3.05, 3.63) is 34.9 Å². The average molecular weight is 201 g/mol. The van der Waals surface area contributed by atoms with Crippen LogP contribution in [0.15, 0.2) is 18.2 Å². The van der Waals surface area contributed by atoms with Gasteiger partial charge in [0.1, 0.15) is 0 Å². The molecule has 0 saturated carbocycles. The normalized spacial score (nSPS) is 17.1. The molecule has 1 nitrogen and oxygen atoms in total. The first kappa shape index (κ1) is 9.52. The molecule has 0 spiro atoms. The Morgan fingerprint density at radius 2 is 1.86 bits per heavy atom. The molecule has 14 heavy (non-hydrogen) atoms. The van der Waals surface area contributed by atoms with Gasteiger partial charge in [0.2, 0.25) is 0 Å². The highest BCUT2D eigenvalue weighted by Crippen LogP contribution is 2.31. The largest absolute Gasteiger partial charge is 0.270 e. The van der Waals surface area contributed by atoms with Crippen molar-refractivity contribution in [2.75, 3.05) is 0 Å². The Morgan fingerprint density at radius 1 is 1.21 bits per heavy atom. The van der Waals surface area contributed by atoms with Crippen molar-refractivity contribution in [3.63, 3.8) is 0 Å². The Morgan fingerprint density at radius 3 is 2.50 bits per heavy atom. The van der Waals surface area contributed by atoms with Gasteiger partial charge in [0.15, 0.2) is 0 Å². The quantitative estimate of drug-likeness (QED) is 0.631. The number of hydrogen-bond donors (Lipinski definition) is 0. The molecule has 0 saturated heterocycles. The molecule has 1 aliphatic rings. The Kier molecular flexibility index (Phi) is 2.03. The molecule has 0 unspecified atom stereocenters. The van der Waals surface area contributed by atoms with Crippen LogP contribution in [0.4, 0.5) is 13.3 Å². The molecule has 0 radical (unpaired) electrons. The van der Waals surface area contributed by atoms with Gasteiger partial charge in [-0.15, -0.1) is 9.60 Å². The van der Waals surface area contributed by atoms with E-state index >= 15 is 0 Å². The maximum absolute atomic E-state index is 12.9. The number of fused-ring (bicyclic) bond motifs is 1. The van der Waals surface area contributed by atoms with Gasteiger partial charge in [0.05, 0.1) is 13.1 Å². The lowest BCUT2D eigenvalue weighted by Crippen LogP contribution is -2.07. The molecular weight excluding hydrogens is 191 g/mol. The third-order valence-corrected chi connectivity index (χ3v) is 2.40. The molecule has 0 bridgehead atoms. The standard InChI is InChI=1S/C10H10F3N/c1-10(11,12)9-3-2-7-5-14(13)6-8(7)4-9/h2-4H,5-6H2,1H3. The van der Waals surface area contributed by atoms with Crippen LogP contribution in [0.5, 0.6) is 0 Å². The molecule has 0 amide bonds. The topological polar surface area (TPSA) is 3.24 Å². The van der Waals surface area contributed by atoms with E-state index in [-0.39, 0.29) is 18.7 Å². The molecule has 0 fully saturated rings. The van der Waals surface area contributed by atoms with E-state index in [0.29, 0.717) is 10.7 Å². The monoisotopic (exact) mass is 201 g/mol. The van der Waals surface area contributed by atoms with E-state index in [1.807, 2.05) is 0 Å². The van der Waals surface area contributed by atoms with Gasteiger partial charge < -0.3 is 0 Å². The van der Waals surface area contributed by atoms with Gasteiger partial charge in [0, 0.05) is 12.5 Å². The molecule has 1 heterocycles. The first-order chi connectivity index (χ1) is 6.47. The molecule has 0 aliphatic carbocycles. The van der Waals surface area contributed by atoms with E-state index in [1.165, 1.54) is 12.1 Å². The Balaban J connectivity index is 2.38. The van der Waals surface area contributed by atoms with E-state index in [1.54, 1.807) is 6.07 Å². The van der Waals surface area contributed by atoms with Gasteiger partial charge >= 0.3 is 0 Å². The van der Waals surface area contributed by atoms with Crippen LogP contribution in [0, 0.1) is 0 Å². The van der Waals surface area contributed by atoms with E-state index in [4.69, 9.17) is 0 Å². The highest BCUT2D eigenvalue weighted by atomic mass is 19.3. The number of halogens is 3. The summed E-state index contributed by atoms with van der Waals surface area (Å²) in [6.07, 6.45) is 0. The van der Waals surface area contributed by atoms with Gasteiger partial charge in [-0.3, -0.25) is 0 Å². The second-order valence-electron chi connectivity index (χ2n) is 3.65. The summed E-state index contributed by atoms with van der Waals surface area (Å²) in [7, 11) is 0. The Hall–Kier alpha value is -1.03. The fourth-order valence-electron chi connectivity index (χ4n) is 1.63. The van der Waals surface area contributed by atoms with Crippen LogP contribution in [-0.2, 0) is 19.0 Å². The highest BCUT2D eigenvalue weighted by molar-refractivity contribution is 5.35.